The minimum atomic E-state index is -3.39. The van der Waals surface area contributed by atoms with E-state index in [0.717, 1.165) is 5.56 Å². The Morgan fingerprint density at radius 1 is 1.29 bits per heavy atom. The third-order valence-electron chi connectivity index (χ3n) is 1.88. The number of hydrogen-bond donors (Lipinski definition) is 1. The Balaban J connectivity index is 2.77. The topological polar surface area (TPSA) is 37.4 Å². The highest BCUT2D eigenvalue weighted by atomic mass is 33.1. The first kappa shape index (κ1) is 11.6. The van der Waals surface area contributed by atoms with Gasteiger partial charge in [-0.1, -0.05) is 37.3 Å². The molecule has 1 aromatic carbocycles. The normalized spacial score (nSPS) is 11.9. The Kier molecular flexibility index (Phi) is 3.97. The van der Waals surface area contributed by atoms with Gasteiger partial charge in [0, 0.05) is 13.1 Å². The molecule has 0 aliphatic heterocycles. The van der Waals surface area contributed by atoms with Gasteiger partial charge < -0.3 is 0 Å². The predicted molar refractivity (Wildman–Crippen MR) is 60.4 cm³/mol. The molecule has 0 aliphatic rings. The fraction of sp³-hybridized carbons (Fsp3) is 0.333. The van der Waals surface area contributed by atoms with E-state index in [1.54, 1.807) is 6.92 Å². The van der Waals surface area contributed by atoms with Crippen molar-refractivity contribution in [3.63, 3.8) is 0 Å². The van der Waals surface area contributed by atoms with Crippen LogP contribution in [0.3, 0.4) is 0 Å². The number of thiol groups is 1. The summed E-state index contributed by atoms with van der Waals surface area (Å²) in [5.41, 5.74) is 0.965. The quantitative estimate of drug-likeness (QED) is 0.632. The van der Waals surface area contributed by atoms with Crippen LogP contribution in [0.15, 0.2) is 30.3 Å². The molecule has 0 heterocycles. The third kappa shape index (κ3) is 3.32. The lowest BCUT2D eigenvalue weighted by atomic mass is 10.2. The zero-order valence-electron chi connectivity index (χ0n) is 7.92. The summed E-state index contributed by atoms with van der Waals surface area (Å²) >= 11 is 3.56. The van der Waals surface area contributed by atoms with Crippen molar-refractivity contribution in [2.24, 2.45) is 0 Å². The Labute approximate surface area is 89.6 Å². The highest BCUT2D eigenvalue weighted by Gasteiger charge is 2.15. The monoisotopic (exact) mass is 231 g/mol. The lowest BCUT2D eigenvalue weighted by molar-refractivity contribution is 0.436. The van der Waals surface area contributed by atoms with E-state index >= 15 is 0 Å². The number of rotatable bonds is 4. The molecular formula is C9H13NO2S2. The molecule has 0 atom stereocenters. The van der Waals surface area contributed by atoms with Crippen molar-refractivity contribution in [1.29, 1.82) is 0 Å². The van der Waals surface area contributed by atoms with Gasteiger partial charge in [0.2, 0.25) is 0 Å². The van der Waals surface area contributed by atoms with Crippen molar-refractivity contribution < 1.29 is 8.42 Å². The molecule has 0 spiro atoms. The van der Waals surface area contributed by atoms with Gasteiger partial charge in [-0.15, -0.1) is 0 Å². The van der Waals surface area contributed by atoms with E-state index in [9.17, 15) is 8.42 Å². The second-order valence-corrected chi connectivity index (χ2v) is 5.69. The summed E-state index contributed by atoms with van der Waals surface area (Å²) in [4.78, 5) is 0. The van der Waals surface area contributed by atoms with E-state index in [4.69, 9.17) is 0 Å². The van der Waals surface area contributed by atoms with E-state index in [1.165, 1.54) is 4.31 Å². The number of nitrogens with zero attached hydrogens (tertiary/aromatic N) is 1. The SMILES string of the molecule is CCN(Cc1ccccc1)S(=O)(=O)S. The van der Waals surface area contributed by atoms with Gasteiger partial charge in [-0.25, -0.2) is 8.42 Å². The second kappa shape index (κ2) is 4.82. The van der Waals surface area contributed by atoms with Crippen molar-refractivity contribution in [1.82, 2.24) is 4.31 Å². The van der Waals surface area contributed by atoms with E-state index in [-0.39, 0.29) is 0 Å². The van der Waals surface area contributed by atoms with Crippen molar-refractivity contribution in [2.45, 2.75) is 13.5 Å². The highest BCUT2D eigenvalue weighted by molar-refractivity contribution is 8.62. The molecule has 1 rings (SSSR count). The van der Waals surface area contributed by atoms with Crippen molar-refractivity contribution in [2.75, 3.05) is 6.54 Å². The molecule has 0 saturated heterocycles. The highest BCUT2D eigenvalue weighted by Crippen LogP contribution is 2.11. The van der Waals surface area contributed by atoms with Crippen LogP contribution < -0.4 is 0 Å². The molecule has 0 aromatic heterocycles. The molecule has 0 amide bonds. The fourth-order valence-electron chi connectivity index (χ4n) is 1.14. The number of benzene rings is 1. The molecule has 78 valence electrons. The van der Waals surface area contributed by atoms with Crippen LogP contribution in [-0.2, 0) is 15.6 Å². The van der Waals surface area contributed by atoms with Crippen molar-refractivity contribution in [3.8, 4) is 0 Å². The van der Waals surface area contributed by atoms with Gasteiger partial charge in [-0.2, -0.15) is 4.31 Å². The molecule has 0 aliphatic carbocycles. The summed E-state index contributed by atoms with van der Waals surface area (Å²) in [5, 5.41) is 0. The Hall–Kier alpha value is -0.520. The van der Waals surface area contributed by atoms with Gasteiger partial charge in [0.1, 0.15) is 0 Å². The maximum Gasteiger partial charge on any atom is 0.264 e. The first-order valence-corrected chi connectivity index (χ1v) is 6.79. The molecule has 1 aromatic rings. The van der Waals surface area contributed by atoms with Crippen molar-refractivity contribution >= 4 is 20.7 Å². The second-order valence-electron chi connectivity index (χ2n) is 2.89. The molecule has 0 radical (unpaired) electrons. The Morgan fingerprint density at radius 3 is 2.29 bits per heavy atom. The van der Waals surface area contributed by atoms with Gasteiger partial charge in [0.25, 0.3) is 9.06 Å². The maximum atomic E-state index is 11.2. The lowest BCUT2D eigenvalue weighted by Gasteiger charge is -2.16. The molecule has 0 unspecified atom stereocenters. The smallest absolute Gasteiger partial charge is 0.201 e. The summed E-state index contributed by atoms with van der Waals surface area (Å²) in [6.45, 7) is 2.60. The van der Waals surface area contributed by atoms with Gasteiger partial charge in [-0.05, 0) is 17.2 Å². The predicted octanol–water partition coefficient (Wildman–Crippen LogP) is 1.68. The average Bonchev–Trinajstić information content (AvgIpc) is 2.14. The molecule has 0 fully saturated rings. The van der Waals surface area contributed by atoms with E-state index < -0.39 is 9.06 Å². The minimum Gasteiger partial charge on any atom is -0.201 e. The van der Waals surface area contributed by atoms with Crippen LogP contribution in [0.2, 0.25) is 0 Å². The van der Waals surface area contributed by atoms with Gasteiger partial charge >= 0.3 is 0 Å². The van der Waals surface area contributed by atoms with Crippen molar-refractivity contribution in [3.05, 3.63) is 35.9 Å². The van der Waals surface area contributed by atoms with Gasteiger partial charge in [-0.3, -0.25) is 0 Å². The van der Waals surface area contributed by atoms with Crippen LogP contribution in [-0.4, -0.2) is 19.3 Å². The van der Waals surface area contributed by atoms with Crippen LogP contribution in [0, 0.1) is 0 Å². The standard InChI is InChI=1S/C9H13NO2S2/c1-2-10(14(11,12)13)8-9-6-4-3-5-7-9/h3-7H,2,8H2,1H3,(H,11,12,13). The third-order valence-corrected chi connectivity index (χ3v) is 3.61. The molecule has 14 heavy (non-hydrogen) atoms. The zero-order valence-corrected chi connectivity index (χ0v) is 9.63. The number of hydrogen-bond acceptors (Lipinski definition) is 2. The average molecular weight is 231 g/mol. The van der Waals surface area contributed by atoms with E-state index in [2.05, 4.69) is 11.7 Å². The largest absolute Gasteiger partial charge is 0.264 e. The van der Waals surface area contributed by atoms with E-state index in [0.29, 0.717) is 13.1 Å². The molecule has 0 saturated carbocycles. The molecular weight excluding hydrogens is 218 g/mol. The first-order valence-electron chi connectivity index (χ1n) is 4.30. The van der Waals surface area contributed by atoms with Crippen LogP contribution in [0.5, 0.6) is 0 Å². The summed E-state index contributed by atoms with van der Waals surface area (Å²) in [7, 11) is -3.39. The zero-order chi connectivity index (χ0) is 10.6. The van der Waals surface area contributed by atoms with Gasteiger partial charge in [0.05, 0.1) is 0 Å². The van der Waals surface area contributed by atoms with Gasteiger partial charge in [0.15, 0.2) is 0 Å². The van der Waals surface area contributed by atoms with Crippen LogP contribution in [0.1, 0.15) is 12.5 Å². The Bertz CT molecular complexity index is 375. The Morgan fingerprint density at radius 2 is 1.86 bits per heavy atom. The van der Waals surface area contributed by atoms with Crippen LogP contribution in [0.4, 0.5) is 0 Å². The molecule has 3 nitrogen and oxygen atoms in total. The summed E-state index contributed by atoms with van der Waals surface area (Å²) in [5.74, 6) is 0. The summed E-state index contributed by atoms with van der Waals surface area (Å²) < 4.78 is 23.6. The molecule has 0 bridgehead atoms. The van der Waals surface area contributed by atoms with Crippen LogP contribution >= 0.6 is 11.7 Å². The molecule has 5 heteroatoms. The van der Waals surface area contributed by atoms with Crippen LogP contribution in [0.25, 0.3) is 0 Å². The maximum absolute atomic E-state index is 11.2. The van der Waals surface area contributed by atoms with E-state index in [1.807, 2.05) is 30.3 Å². The summed E-state index contributed by atoms with van der Waals surface area (Å²) in [6, 6.07) is 9.45. The fourth-order valence-corrected chi connectivity index (χ4v) is 2.30. The minimum absolute atomic E-state index is 0.378. The first-order chi connectivity index (χ1) is 6.54. The molecule has 0 N–H and O–H groups in total. The summed E-state index contributed by atoms with van der Waals surface area (Å²) in [6.07, 6.45) is 0. The lowest BCUT2D eigenvalue weighted by Crippen LogP contribution is -2.26.